The smallest absolute Gasteiger partial charge is 0.263 e. The molecule has 2 aliphatic rings. The molecular formula is C24H29N3O2S. The second kappa shape index (κ2) is 8.16. The van der Waals surface area contributed by atoms with Crippen LogP contribution in [0.15, 0.2) is 35.1 Å². The van der Waals surface area contributed by atoms with Gasteiger partial charge < -0.3 is 14.4 Å². The van der Waals surface area contributed by atoms with Gasteiger partial charge in [-0.3, -0.25) is 9.59 Å². The van der Waals surface area contributed by atoms with Gasteiger partial charge in [-0.1, -0.05) is 24.6 Å². The van der Waals surface area contributed by atoms with E-state index in [-0.39, 0.29) is 11.5 Å². The number of para-hydroxylation sites is 1. The second-order valence-electron chi connectivity index (χ2n) is 8.54. The maximum atomic E-state index is 13.3. The Bertz CT molecular complexity index is 1130. The summed E-state index contributed by atoms with van der Waals surface area (Å²) in [6.45, 7) is 6.67. The molecule has 0 aliphatic carbocycles. The monoisotopic (exact) mass is 423 g/mol. The van der Waals surface area contributed by atoms with E-state index in [4.69, 9.17) is 0 Å². The van der Waals surface area contributed by atoms with Crippen molar-refractivity contribution < 1.29 is 4.79 Å². The normalized spacial score (nSPS) is 19.0. The number of aryl methyl sites for hydroxylation is 1. The first kappa shape index (κ1) is 19.8. The molecule has 0 radical (unpaired) electrons. The zero-order valence-corrected chi connectivity index (χ0v) is 18.4. The van der Waals surface area contributed by atoms with Crippen molar-refractivity contribution in [3.63, 3.8) is 0 Å². The van der Waals surface area contributed by atoms with Gasteiger partial charge in [0.05, 0.1) is 15.8 Å². The molecule has 3 aromatic rings. The predicted molar refractivity (Wildman–Crippen MR) is 124 cm³/mol. The number of thiophene rings is 1. The fraction of sp³-hybridized carbons (Fsp3) is 0.500. The number of carbonyl (C=O) groups excluding carboxylic acids is 1. The highest BCUT2D eigenvalue weighted by molar-refractivity contribution is 7.21. The third-order valence-electron chi connectivity index (χ3n) is 6.83. The molecule has 0 N–H and O–H groups in total. The van der Waals surface area contributed by atoms with Crippen molar-refractivity contribution in [3.05, 3.63) is 45.6 Å². The Kier molecular flexibility index (Phi) is 5.37. The van der Waals surface area contributed by atoms with Crippen LogP contribution >= 0.6 is 11.3 Å². The third-order valence-corrected chi connectivity index (χ3v) is 7.99. The van der Waals surface area contributed by atoms with Crippen molar-refractivity contribution in [1.29, 1.82) is 0 Å². The zero-order chi connectivity index (χ0) is 20.7. The number of rotatable bonds is 3. The van der Waals surface area contributed by atoms with Crippen molar-refractivity contribution in [2.24, 2.45) is 0 Å². The Morgan fingerprint density at radius 2 is 1.77 bits per heavy atom. The topological polar surface area (TPSA) is 45.6 Å². The summed E-state index contributed by atoms with van der Waals surface area (Å²) in [4.78, 5) is 31.6. The minimum Gasteiger partial charge on any atom is -0.338 e. The van der Waals surface area contributed by atoms with Crippen molar-refractivity contribution in [3.8, 4) is 0 Å². The Hall–Kier alpha value is -2.18. The number of pyridine rings is 1. The van der Waals surface area contributed by atoms with Crippen LogP contribution in [-0.4, -0.2) is 52.5 Å². The molecule has 0 unspecified atom stereocenters. The highest BCUT2D eigenvalue weighted by Gasteiger charge is 2.29. The molecule has 5 rings (SSSR count). The van der Waals surface area contributed by atoms with Crippen molar-refractivity contribution >= 4 is 38.2 Å². The Balaban J connectivity index is 1.41. The first-order valence-electron chi connectivity index (χ1n) is 11.3. The number of carbonyl (C=O) groups is 1. The number of nitrogens with zero attached hydrogens (tertiary/aromatic N) is 3. The molecule has 6 heteroatoms. The van der Waals surface area contributed by atoms with Gasteiger partial charge in [-0.2, -0.15) is 0 Å². The van der Waals surface area contributed by atoms with E-state index in [1.165, 1.54) is 43.7 Å². The summed E-state index contributed by atoms with van der Waals surface area (Å²) >= 11 is 1.48. The van der Waals surface area contributed by atoms with E-state index in [1.54, 1.807) is 0 Å². The lowest BCUT2D eigenvalue weighted by atomic mass is 10.00. The Morgan fingerprint density at radius 1 is 1.03 bits per heavy atom. The molecule has 0 spiro atoms. The molecule has 1 amide bonds. The molecular weight excluding hydrogens is 394 g/mol. The van der Waals surface area contributed by atoms with Gasteiger partial charge in [0.2, 0.25) is 0 Å². The summed E-state index contributed by atoms with van der Waals surface area (Å²) in [5.74, 6) is 0.0832. The maximum absolute atomic E-state index is 13.3. The number of amides is 1. The number of likely N-dealkylation sites (tertiary alicyclic amines) is 2. The van der Waals surface area contributed by atoms with Gasteiger partial charge in [-0.25, -0.2) is 0 Å². The summed E-state index contributed by atoms with van der Waals surface area (Å²) in [7, 11) is 0. The molecule has 4 heterocycles. The van der Waals surface area contributed by atoms with E-state index in [0.717, 1.165) is 41.5 Å². The highest BCUT2D eigenvalue weighted by atomic mass is 32.1. The number of piperidine rings is 2. The number of hydrogen-bond donors (Lipinski definition) is 0. The summed E-state index contributed by atoms with van der Waals surface area (Å²) in [5.41, 5.74) is 0.950. The van der Waals surface area contributed by atoms with Crippen molar-refractivity contribution in [1.82, 2.24) is 14.4 Å². The Labute approximate surface area is 180 Å². The van der Waals surface area contributed by atoms with Crippen LogP contribution in [0.4, 0.5) is 0 Å². The standard InChI is InChI=1S/C24H29N3O2S/c1-2-27-20-9-5-4-8-18(20)22-19(23(27)28)16-21(30-22)24(29)26-14-10-17(11-15-26)25-12-6-3-7-13-25/h4-5,8-9,16-17H,2-3,6-7,10-15H2,1H3. The molecule has 0 atom stereocenters. The van der Waals surface area contributed by atoms with Crippen molar-refractivity contribution in [2.45, 2.75) is 51.6 Å². The maximum Gasteiger partial charge on any atom is 0.263 e. The lowest BCUT2D eigenvalue weighted by molar-refractivity contribution is 0.0594. The quantitative estimate of drug-likeness (QED) is 0.630. The van der Waals surface area contributed by atoms with Crippen molar-refractivity contribution in [2.75, 3.05) is 26.2 Å². The minimum absolute atomic E-state index is 0.00491. The van der Waals surface area contributed by atoms with Gasteiger partial charge in [-0.05, 0) is 57.8 Å². The van der Waals surface area contributed by atoms with Crippen LogP contribution < -0.4 is 5.56 Å². The van der Waals surface area contributed by atoms with E-state index in [1.807, 2.05) is 40.7 Å². The molecule has 2 aliphatic heterocycles. The molecule has 2 fully saturated rings. The summed E-state index contributed by atoms with van der Waals surface area (Å²) in [6.07, 6.45) is 6.09. The Morgan fingerprint density at radius 3 is 2.50 bits per heavy atom. The van der Waals surface area contributed by atoms with Crippen LogP contribution in [0.1, 0.15) is 48.7 Å². The number of fused-ring (bicyclic) bond motifs is 3. The van der Waals surface area contributed by atoms with Crippen LogP contribution in [0.3, 0.4) is 0 Å². The molecule has 30 heavy (non-hydrogen) atoms. The van der Waals surface area contributed by atoms with E-state index in [2.05, 4.69) is 11.0 Å². The molecule has 158 valence electrons. The van der Waals surface area contributed by atoms with Crippen LogP contribution in [-0.2, 0) is 6.54 Å². The lowest BCUT2D eigenvalue weighted by Gasteiger charge is -2.40. The van der Waals surface area contributed by atoms with Crippen LogP contribution in [0.25, 0.3) is 21.0 Å². The summed E-state index contributed by atoms with van der Waals surface area (Å²) in [6, 6.07) is 10.5. The second-order valence-corrected chi connectivity index (χ2v) is 9.59. The average molecular weight is 424 g/mol. The van der Waals surface area contributed by atoms with E-state index in [0.29, 0.717) is 22.8 Å². The van der Waals surface area contributed by atoms with E-state index >= 15 is 0 Å². The summed E-state index contributed by atoms with van der Waals surface area (Å²) < 4.78 is 2.75. The third kappa shape index (κ3) is 3.36. The fourth-order valence-electron chi connectivity index (χ4n) is 5.20. The first-order chi connectivity index (χ1) is 14.7. The van der Waals surface area contributed by atoms with Crippen LogP contribution in [0, 0.1) is 0 Å². The molecule has 2 aromatic heterocycles. The molecule has 0 bridgehead atoms. The first-order valence-corrected chi connectivity index (χ1v) is 12.1. The van der Waals surface area contributed by atoms with Gasteiger partial charge in [0.1, 0.15) is 0 Å². The molecule has 2 saturated heterocycles. The number of benzene rings is 1. The SMILES string of the molecule is CCn1c(=O)c2cc(C(=O)N3CCC(N4CCCCC4)CC3)sc2c2ccccc21. The van der Waals surface area contributed by atoms with Crippen LogP contribution in [0.5, 0.6) is 0 Å². The van der Waals surface area contributed by atoms with Crippen LogP contribution in [0.2, 0.25) is 0 Å². The van der Waals surface area contributed by atoms with Gasteiger partial charge in [0.15, 0.2) is 0 Å². The fourth-order valence-corrected chi connectivity index (χ4v) is 6.35. The van der Waals surface area contributed by atoms with E-state index < -0.39 is 0 Å². The molecule has 0 saturated carbocycles. The van der Waals surface area contributed by atoms with Gasteiger partial charge in [-0.15, -0.1) is 11.3 Å². The predicted octanol–water partition coefficient (Wildman–Crippen LogP) is 4.33. The minimum atomic E-state index is 0.00491. The summed E-state index contributed by atoms with van der Waals surface area (Å²) in [5, 5.41) is 1.73. The van der Waals surface area contributed by atoms with Gasteiger partial charge >= 0.3 is 0 Å². The number of hydrogen-bond acceptors (Lipinski definition) is 4. The highest BCUT2D eigenvalue weighted by Crippen LogP contribution is 2.32. The molecule has 5 nitrogen and oxygen atoms in total. The molecule has 1 aromatic carbocycles. The van der Waals surface area contributed by atoms with Gasteiger partial charge in [0, 0.05) is 35.8 Å². The zero-order valence-electron chi connectivity index (χ0n) is 17.6. The van der Waals surface area contributed by atoms with Gasteiger partial charge in [0.25, 0.3) is 11.5 Å². The number of aromatic nitrogens is 1. The average Bonchev–Trinajstić information content (AvgIpc) is 3.26. The van der Waals surface area contributed by atoms with E-state index in [9.17, 15) is 9.59 Å². The lowest BCUT2D eigenvalue weighted by Crippen LogP contribution is -2.48. The largest absolute Gasteiger partial charge is 0.338 e.